The number of benzene rings is 6. The quantitative estimate of drug-likeness (QED) is 0.256. The number of aromatic amines is 1. The molecule has 0 aliphatic heterocycles. The minimum Gasteiger partial charge on any atom is -0.354 e. The Hall–Kier alpha value is -4.40. The van der Waals surface area contributed by atoms with Crippen molar-refractivity contribution in [1.82, 2.24) is 4.98 Å². The van der Waals surface area contributed by atoms with Crippen molar-refractivity contribution >= 4 is 64.1 Å². The molecule has 0 bridgehead atoms. The molecule has 36 heavy (non-hydrogen) atoms. The Kier molecular flexibility index (Phi) is 4.16. The molecule has 0 unspecified atom stereocenters. The van der Waals surface area contributed by atoms with Crippen LogP contribution in [0.25, 0.3) is 75.0 Å². The molecule has 0 saturated carbocycles. The van der Waals surface area contributed by atoms with E-state index in [-0.39, 0.29) is 0 Å². The van der Waals surface area contributed by atoms with Gasteiger partial charge in [0.25, 0.3) is 0 Å². The summed E-state index contributed by atoms with van der Waals surface area (Å²) in [5.74, 6) is 0. The van der Waals surface area contributed by atoms with Crippen LogP contribution in [0.5, 0.6) is 0 Å². The average molecular weight is 476 g/mol. The van der Waals surface area contributed by atoms with E-state index < -0.39 is 0 Å². The van der Waals surface area contributed by atoms with Crippen molar-refractivity contribution in [2.75, 3.05) is 0 Å². The highest BCUT2D eigenvalue weighted by Gasteiger charge is 2.15. The number of hydrogen-bond donors (Lipinski definition) is 1. The van der Waals surface area contributed by atoms with Gasteiger partial charge < -0.3 is 4.98 Å². The number of rotatable bonds is 2. The standard InChI is InChI=1S/C34H21NS/c1-3-18-30-25(9-1)28-17-7-16-27(34(28)35-30)24-14-6-11-21-22(24)12-5-13-23(21)26-15-8-20-32-33(26)29-10-2-4-19-31(29)36-32/h1-20,35H. The molecule has 0 fully saturated rings. The summed E-state index contributed by atoms with van der Waals surface area (Å²) in [5.41, 5.74) is 7.46. The number of aromatic nitrogens is 1. The third-order valence-electron chi connectivity index (χ3n) is 7.45. The van der Waals surface area contributed by atoms with E-state index in [0.717, 1.165) is 0 Å². The van der Waals surface area contributed by atoms with Crippen molar-refractivity contribution in [3.63, 3.8) is 0 Å². The predicted molar refractivity (Wildman–Crippen MR) is 157 cm³/mol. The third-order valence-corrected chi connectivity index (χ3v) is 8.58. The van der Waals surface area contributed by atoms with E-state index in [1.165, 1.54) is 75.0 Å². The highest BCUT2D eigenvalue weighted by Crippen LogP contribution is 2.43. The van der Waals surface area contributed by atoms with E-state index in [1.54, 1.807) is 0 Å². The second-order valence-corrected chi connectivity index (χ2v) is 10.5. The Bertz CT molecular complexity index is 2110. The van der Waals surface area contributed by atoms with Gasteiger partial charge in [0.05, 0.1) is 5.52 Å². The van der Waals surface area contributed by atoms with Crippen LogP contribution in [0.4, 0.5) is 0 Å². The van der Waals surface area contributed by atoms with Gasteiger partial charge in [0.15, 0.2) is 0 Å². The van der Waals surface area contributed by atoms with Crippen LogP contribution >= 0.6 is 11.3 Å². The maximum Gasteiger partial charge on any atom is 0.0544 e. The molecule has 0 spiro atoms. The van der Waals surface area contributed by atoms with E-state index in [2.05, 4.69) is 126 Å². The summed E-state index contributed by atoms with van der Waals surface area (Å²) >= 11 is 1.88. The average Bonchev–Trinajstić information content (AvgIpc) is 3.51. The number of hydrogen-bond acceptors (Lipinski definition) is 1. The highest BCUT2D eigenvalue weighted by molar-refractivity contribution is 7.25. The topological polar surface area (TPSA) is 15.8 Å². The molecule has 0 amide bonds. The molecule has 8 aromatic rings. The first-order chi connectivity index (χ1) is 17.9. The van der Waals surface area contributed by atoms with Crippen molar-refractivity contribution in [2.45, 2.75) is 0 Å². The first-order valence-corrected chi connectivity index (χ1v) is 13.1. The zero-order valence-electron chi connectivity index (χ0n) is 19.5. The molecule has 0 aliphatic rings. The molecule has 1 N–H and O–H groups in total. The van der Waals surface area contributed by atoms with Gasteiger partial charge in [0.2, 0.25) is 0 Å². The van der Waals surface area contributed by atoms with E-state index in [0.29, 0.717) is 0 Å². The number of fused-ring (bicyclic) bond motifs is 7. The first-order valence-electron chi connectivity index (χ1n) is 12.3. The van der Waals surface area contributed by atoms with Gasteiger partial charge in [0.1, 0.15) is 0 Å². The van der Waals surface area contributed by atoms with Crippen LogP contribution in [0.1, 0.15) is 0 Å². The molecule has 2 aromatic heterocycles. The van der Waals surface area contributed by atoms with Crippen LogP contribution in [0, 0.1) is 0 Å². The number of nitrogens with one attached hydrogen (secondary N) is 1. The Morgan fingerprint density at radius 1 is 0.389 bits per heavy atom. The number of H-pyrrole nitrogens is 1. The zero-order valence-corrected chi connectivity index (χ0v) is 20.3. The fraction of sp³-hybridized carbons (Fsp3) is 0. The molecular weight excluding hydrogens is 454 g/mol. The normalized spacial score (nSPS) is 11.9. The van der Waals surface area contributed by atoms with Crippen LogP contribution in [0.2, 0.25) is 0 Å². The van der Waals surface area contributed by atoms with Gasteiger partial charge >= 0.3 is 0 Å². The lowest BCUT2D eigenvalue weighted by molar-refractivity contribution is 1.54. The van der Waals surface area contributed by atoms with E-state index in [9.17, 15) is 0 Å². The molecule has 0 atom stereocenters. The Labute approximate surface area is 212 Å². The van der Waals surface area contributed by atoms with Crippen molar-refractivity contribution in [3.8, 4) is 22.3 Å². The smallest absolute Gasteiger partial charge is 0.0544 e. The minimum atomic E-state index is 1.18. The van der Waals surface area contributed by atoms with Crippen molar-refractivity contribution in [2.24, 2.45) is 0 Å². The SMILES string of the molecule is c1ccc2c(c1)[nH]c1c(-c3cccc4c(-c5cccc6sc7ccccc7c56)cccc34)cccc12. The summed E-state index contributed by atoms with van der Waals surface area (Å²) in [7, 11) is 0. The Morgan fingerprint density at radius 2 is 0.944 bits per heavy atom. The van der Waals surface area contributed by atoms with Gasteiger partial charge in [0, 0.05) is 42.0 Å². The molecular formula is C34H21NS. The molecule has 168 valence electrons. The second kappa shape index (κ2) is 7.55. The van der Waals surface area contributed by atoms with Crippen molar-refractivity contribution in [1.29, 1.82) is 0 Å². The molecule has 8 rings (SSSR count). The van der Waals surface area contributed by atoms with Crippen LogP contribution < -0.4 is 0 Å². The highest BCUT2D eigenvalue weighted by atomic mass is 32.1. The predicted octanol–water partition coefficient (Wildman–Crippen LogP) is 10.2. The van der Waals surface area contributed by atoms with Crippen molar-refractivity contribution < 1.29 is 0 Å². The van der Waals surface area contributed by atoms with Gasteiger partial charge in [-0.1, -0.05) is 103 Å². The monoisotopic (exact) mass is 475 g/mol. The molecule has 1 nitrogen and oxygen atoms in total. The summed E-state index contributed by atoms with van der Waals surface area (Å²) in [6, 6.07) is 44.2. The first kappa shape index (κ1) is 19.9. The molecule has 6 aromatic carbocycles. The maximum atomic E-state index is 3.70. The van der Waals surface area contributed by atoms with E-state index in [1.807, 2.05) is 11.3 Å². The Morgan fingerprint density at radius 3 is 1.78 bits per heavy atom. The van der Waals surface area contributed by atoms with Gasteiger partial charge in [-0.25, -0.2) is 0 Å². The molecule has 0 radical (unpaired) electrons. The van der Waals surface area contributed by atoms with Gasteiger partial charge in [-0.15, -0.1) is 11.3 Å². The molecule has 0 aliphatic carbocycles. The van der Waals surface area contributed by atoms with Gasteiger partial charge in [-0.05, 0) is 45.7 Å². The van der Waals surface area contributed by atoms with E-state index >= 15 is 0 Å². The minimum absolute atomic E-state index is 1.18. The van der Waals surface area contributed by atoms with Crippen LogP contribution in [-0.2, 0) is 0 Å². The zero-order chi connectivity index (χ0) is 23.6. The van der Waals surface area contributed by atoms with E-state index in [4.69, 9.17) is 0 Å². The van der Waals surface area contributed by atoms with Crippen LogP contribution in [-0.4, -0.2) is 4.98 Å². The fourth-order valence-corrected chi connectivity index (χ4v) is 7.01. The van der Waals surface area contributed by atoms with Gasteiger partial charge in [-0.3, -0.25) is 0 Å². The van der Waals surface area contributed by atoms with Crippen molar-refractivity contribution in [3.05, 3.63) is 121 Å². The fourth-order valence-electron chi connectivity index (χ4n) is 5.88. The summed E-state index contributed by atoms with van der Waals surface area (Å²) < 4.78 is 2.68. The molecule has 2 heterocycles. The number of thiophene rings is 1. The third kappa shape index (κ3) is 2.76. The molecule has 0 saturated heterocycles. The lowest BCUT2D eigenvalue weighted by atomic mass is 9.91. The van der Waals surface area contributed by atoms with Crippen LogP contribution in [0.3, 0.4) is 0 Å². The maximum absolute atomic E-state index is 3.70. The summed E-state index contributed by atoms with van der Waals surface area (Å²) in [6.45, 7) is 0. The van der Waals surface area contributed by atoms with Gasteiger partial charge in [-0.2, -0.15) is 0 Å². The lowest BCUT2D eigenvalue weighted by Crippen LogP contribution is -1.87. The second-order valence-electron chi connectivity index (χ2n) is 9.38. The number of para-hydroxylation sites is 2. The summed E-state index contributed by atoms with van der Waals surface area (Å²) in [4.78, 5) is 3.70. The Balaban J connectivity index is 1.43. The van der Waals surface area contributed by atoms with Crippen LogP contribution in [0.15, 0.2) is 121 Å². The summed E-state index contributed by atoms with van der Waals surface area (Å²) in [5, 5.41) is 7.79. The summed E-state index contributed by atoms with van der Waals surface area (Å²) in [6.07, 6.45) is 0. The lowest BCUT2D eigenvalue weighted by Gasteiger charge is -2.13. The molecule has 2 heteroatoms. The largest absolute Gasteiger partial charge is 0.354 e.